The van der Waals surface area contributed by atoms with Gasteiger partial charge in [0.1, 0.15) is 18.3 Å². The van der Waals surface area contributed by atoms with Gasteiger partial charge in [0.15, 0.2) is 0 Å². The van der Waals surface area contributed by atoms with E-state index in [4.69, 9.17) is 20.4 Å². The van der Waals surface area contributed by atoms with Crippen LogP contribution < -0.4 is 122 Å². The molecule has 12 amide bonds. The molecule has 13 N–H and O–H groups in total. The summed E-state index contributed by atoms with van der Waals surface area (Å²) in [5.41, 5.74) is 4.79. The average molecular weight is 4050 g/mol. The van der Waals surface area contributed by atoms with E-state index < -0.39 is 66.8 Å². The van der Waals surface area contributed by atoms with Gasteiger partial charge in [0.2, 0.25) is 70.9 Å². The van der Waals surface area contributed by atoms with Crippen molar-refractivity contribution >= 4 is 642 Å². The van der Waals surface area contributed by atoms with Gasteiger partial charge in [-0.3, -0.25) is 57.5 Å². The molecule has 6 aromatic rings. The third-order valence-corrected chi connectivity index (χ3v) is 36.5. The van der Waals surface area contributed by atoms with Gasteiger partial charge >= 0.3 is 96.3 Å². The summed E-state index contributed by atoms with van der Waals surface area (Å²) in [6.45, 7) is 15.7. The van der Waals surface area contributed by atoms with Gasteiger partial charge in [-0.1, -0.05) is 0 Å². The van der Waals surface area contributed by atoms with E-state index in [1.807, 2.05) is 407 Å². The van der Waals surface area contributed by atoms with Crippen molar-refractivity contribution in [2.75, 3.05) is 124 Å². The van der Waals surface area contributed by atoms with Gasteiger partial charge < -0.3 is 147 Å². The molecule has 6 rings (SSSR count). The molecule has 0 aromatic heterocycles. The zero-order valence-corrected chi connectivity index (χ0v) is 122. The summed E-state index contributed by atoms with van der Waals surface area (Å²) in [6, 6.07) is 0. The summed E-state index contributed by atoms with van der Waals surface area (Å²) in [5, 5.41) is 130. The van der Waals surface area contributed by atoms with Crippen molar-refractivity contribution in [3.05, 3.63) is 97.6 Å². The average Bonchev–Trinajstić information content (AvgIpc) is 0.794. The van der Waals surface area contributed by atoms with Crippen molar-refractivity contribution in [1.29, 1.82) is 0 Å². The van der Waals surface area contributed by atoms with Crippen molar-refractivity contribution < 1.29 is 172 Å². The van der Waals surface area contributed by atoms with Gasteiger partial charge in [-0.15, -0.1) is 0 Å². The summed E-state index contributed by atoms with van der Waals surface area (Å²) in [4.78, 5) is 214. The molecule has 6 aromatic carbocycles. The summed E-state index contributed by atoms with van der Waals surface area (Å²) in [5.74, 6) is -11.3. The van der Waals surface area contributed by atoms with Crippen molar-refractivity contribution in [2.24, 2.45) is 0 Å². The van der Waals surface area contributed by atoms with Crippen LogP contribution >= 0.6 is 407 Å². The molecule has 4 atom stereocenters. The number of aliphatic hydroxyl groups excluding tert-OH is 5. The van der Waals surface area contributed by atoms with Crippen LogP contribution in [0.3, 0.4) is 0 Å². The van der Waals surface area contributed by atoms with Crippen molar-refractivity contribution in [3.63, 3.8) is 0 Å². The second kappa shape index (κ2) is 69.7. The van der Waals surface area contributed by atoms with Crippen LogP contribution in [0.15, 0.2) is 0 Å². The molecule has 764 valence electrons. The first-order valence-corrected chi connectivity index (χ1v) is 56.6. The molecule has 0 saturated heterocycles. The number of hydrogen-bond acceptors (Lipinski definition) is 29. The summed E-state index contributed by atoms with van der Waals surface area (Å²) >= 11 is 34.3. The Morgan fingerprint density at radius 1 is 0.268 bits per heavy atom. The minimum absolute atomic E-state index is 0. The number of rotatable bonds is 24. The minimum atomic E-state index is -1.55. The third kappa shape index (κ3) is 41.9. The number of benzene rings is 6. The van der Waals surface area contributed by atoms with Crippen LogP contribution in [0.4, 0.5) is 68.2 Å². The molecule has 0 aliphatic heterocycles. The van der Waals surface area contributed by atoms with E-state index in [0.717, 1.165) is 0 Å². The molecule has 0 unspecified atom stereocenters. The molecule has 63 heteroatoms. The molecule has 0 bridgehead atoms. The van der Waals surface area contributed by atoms with E-state index >= 15 is 0 Å². The van der Waals surface area contributed by atoms with Gasteiger partial charge in [0.25, 0.3) is 0 Å². The van der Waals surface area contributed by atoms with Crippen LogP contribution in [0.25, 0.3) is 0 Å². The number of likely N-dealkylation sites (N-methyl/N-ethyl adjacent to an activating group) is 1. The van der Waals surface area contributed by atoms with Gasteiger partial charge in [0, 0.05) is 195 Å². The predicted octanol–water partition coefficient (Wildman–Crippen LogP) is 5.05. The SMILES string of the molecule is CC(=O)Nc1c(I)c(C(=O)O)c(I)c(N(C)C(C)=O)c1I.CC(=O)Nc1c(I)c(C(=O)[O-])c(I)c(N(C)C(C)=O)c1I.CC(=O)Nc1c(I)c(C(=O)[O-])c(I)c(N(C)C(C)=O)c1I.CC(=O)Nc1c(I)c(C(=O)[O-])c(I)c(N(C)C(C)=O)c1I.CC(=O)Nc1c(I)c(C(=O)[O-])c(I)c(N(C)C(C)=O)c1I.CC(=O)Nc1c(I)c(C(=O)[O-])c(I)c(N(C)C(C)=O)c1I.CNC[C@H](O)[C@@H](O)[C@H](O)[C@H](O)CO.[Ca+2].[Mg+2].[Na+]. The molecule has 0 saturated carbocycles. The second-order valence-corrected chi connectivity index (χ2v) is 46.8. The Morgan fingerprint density at radius 2 is 0.401 bits per heavy atom. The van der Waals surface area contributed by atoms with E-state index in [1.165, 1.54) is 112 Å². The van der Waals surface area contributed by atoms with Crippen molar-refractivity contribution in [3.8, 4) is 0 Å². The topological polar surface area (TPSA) is 648 Å². The first-order chi connectivity index (χ1) is 63.6. The zero-order chi connectivity index (χ0) is 109. The number of carboxylic acid groups (broad SMARTS) is 6. The number of hydrogen-bond donors (Lipinski definition) is 13. The summed E-state index contributed by atoms with van der Waals surface area (Å²) in [7, 11) is 10.9. The van der Waals surface area contributed by atoms with E-state index in [-0.39, 0.29) is 201 Å². The molecule has 0 spiro atoms. The normalized spacial score (nSPS) is 10.9. The van der Waals surface area contributed by atoms with Crippen LogP contribution in [0.2, 0.25) is 0 Å². The van der Waals surface area contributed by atoms with E-state index in [9.17, 15) is 122 Å². The van der Waals surface area contributed by atoms with Gasteiger partial charge in [-0.2, -0.15) is 0 Å². The number of nitrogens with one attached hydrogen (secondary N) is 7. The minimum Gasteiger partial charge on any atom is -0.545 e. The fourth-order valence-corrected chi connectivity index (χ4v) is 37.9. The molecule has 0 radical (unpaired) electrons. The maximum atomic E-state index is 11.6. The molecule has 42 nitrogen and oxygen atoms in total. The number of aromatic carboxylic acids is 6. The van der Waals surface area contributed by atoms with E-state index in [2.05, 4.69) is 37.2 Å². The number of halogens is 18. The monoisotopic (exact) mass is 4040 g/mol. The Kier molecular flexibility index (Phi) is 73.6. The fourth-order valence-electron chi connectivity index (χ4n) is 10.3. The Bertz CT molecular complexity index is 5080. The van der Waals surface area contributed by atoms with Crippen molar-refractivity contribution in [2.45, 2.75) is 108 Å². The molecule has 0 aliphatic carbocycles. The number of carbonyl (C=O) groups excluding carboxylic acids is 17. The number of aliphatic hydroxyl groups is 5. The second-order valence-electron chi connectivity index (χ2n) is 27.4. The third-order valence-electron chi connectivity index (χ3n) is 17.4. The largest absolute Gasteiger partial charge is 2.00 e. The van der Waals surface area contributed by atoms with Gasteiger partial charge in [-0.05, 0) is 414 Å². The maximum Gasteiger partial charge on any atom is 2.00 e. The predicted molar refractivity (Wildman–Crippen MR) is 673 cm³/mol. The smallest absolute Gasteiger partial charge is 0.545 e. The molecular formula is C79H78CaI18MgN13NaO29. The first-order valence-electron chi connectivity index (χ1n) is 37.2. The molecule has 0 aliphatic rings. The molecule has 0 heterocycles. The van der Waals surface area contributed by atoms with Crippen LogP contribution in [0, 0.1) is 64.3 Å². The fraction of sp³-hybridized carbons (Fsp3) is 0.316. The van der Waals surface area contributed by atoms with Crippen LogP contribution in [0.1, 0.15) is 145 Å². The van der Waals surface area contributed by atoms with Gasteiger partial charge in [-0.25, -0.2) is 4.79 Å². The molecule has 0 fully saturated rings. The summed E-state index contributed by atoms with van der Waals surface area (Å²) in [6.07, 6.45) is -5.65. The Hall–Kier alpha value is 1.71. The zero-order valence-electron chi connectivity index (χ0n) is 77.2. The maximum absolute atomic E-state index is 11.6. The van der Waals surface area contributed by atoms with Crippen LogP contribution in [-0.2, 0) is 57.5 Å². The van der Waals surface area contributed by atoms with E-state index in [0.29, 0.717) is 133 Å². The Labute approximate surface area is 1130 Å². The van der Waals surface area contributed by atoms with E-state index in [1.54, 1.807) is 49.3 Å². The number of amides is 12. The number of nitrogens with zero attached hydrogens (tertiary/aromatic N) is 6. The standard InChI is InChI=1S/6C12H11I3N2O4.C7H17NO5.Ca.Mg.Na/c6*1-4(18)16-10-7(13)6(12(20)21)8(14)11(9(10)15)17(3)5(2)19;1-8-2-4(10)6(12)7(13)5(11)3-9;;;/h6*1-3H3,(H,16,18)(H,20,21);4-13H,2-3H2,1H3;;;/q;;;;;;;2*+2;+1/p-5/t;;;;;;4-,5+,6+,7+;;;/m......0.../s1. The van der Waals surface area contributed by atoms with Crippen LogP contribution in [-0.4, -0.2) is 285 Å². The summed E-state index contributed by atoms with van der Waals surface area (Å²) < 4.78 is 8.35. The van der Waals surface area contributed by atoms with Gasteiger partial charge in [0.05, 0.1) is 145 Å². The van der Waals surface area contributed by atoms with Crippen molar-refractivity contribution in [1.82, 2.24) is 5.32 Å². The number of carboxylic acids is 6. The van der Waals surface area contributed by atoms with Crippen LogP contribution in [0.5, 0.6) is 0 Å². The quantitative estimate of drug-likeness (QED) is 0.0278. The number of anilines is 12. The number of carbonyl (C=O) groups is 18. The Morgan fingerprint density at radius 3 is 0.514 bits per heavy atom. The molecule has 142 heavy (non-hydrogen) atoms. The first kappa shape index (κ1) is 150. The molecular weight excluding hydrogens is 3970 g/mol. The Balaban J connectivity index is -0.000000783.